The van der Waals surface area contributed by atoms with E-state index in [0.29, 0.717) is 17.1 Å². The van der Waals surface area contributed by atoms with Crippen LogP contribution in [0.25, 0.3) is 22.2 Å². The number of fused-ring (bicyclic) bond motifs is 1. The van der Waals surface area contributed by atoms with E-state index in [1.807, 2.05) is 30.3 Å². The maximum absolute atomic E-state index is 11.7. The zero-order chi connectivity index (χ0) is 20.5. The van der Waals surface area contributed by atoms with Gasteiger partial charge in [-0.25, -0.2) is 4.79 Å². The molecule has 4 N–H and O–H groups in total. The molecule has 0 bridgehead atoms. The van der Waals surface area contributed by atoms with E-state index in [2.05, 4.69) is 0 Å². The number of aliphatic carboxylic acids is 1. The molecule has 0 spiro atoms. The van der Waals surface area contributed by atoms with Gasteiger partial charge in [0.25, 0.3) is 0 Å². The normalized spacial score (nSPS) is 14.9. The summed E-state index contributed by atoms with van der Waals surface area (Å²) in [7, 11) is 0. The number of benzene rings is 2. The van der Waals surface area contributed by atoms with Crippen LogP contribution in [0.3, 0.4) is 0 Å². The first-order valence-corrected chi connectivity index (χ1v) is 9.93. The van der Waals surface area contributed by atoms with Crippen molar-refractivity contribution in [3.8, 4) is 11.3 Å². The fourth-order valence-corrected chi connectivity index (χ4v) is 4.62. The van der Waals surface area contributed by atoms with Gasteiger partial charge in [-0.05, 0) is 42.5 Å². The third-order valence-corrected chi connectivity index (χ3v) is 5.87. The van der Waals surface area contributed by atoms with Gasteiger partial charge in [0, 0.05) is 16.6 Å². The quantitative estimate of drug-likeness (QED) is 0.545. The van der Waals surface area contributed by atoms with Crippen LogP contribution in [0.15, 0.2) is 42.5 Å². The average molecular weight is 392 g/mol. The third-order valence-electron chi connectivity index (χ3n) is 5.87. The molecule has 1 heterocycles. The minimum absolute atomic E-state index is 0.143. The van der Waals surface area contributed by atoms with Crippen molar-refractivity contribution in [1.82, 2.24) is 4.57 Å². The van der Waals surface area contributed by atoms with Crippen molar-refractivity contribution in [2.45, 2.75) is 44.6 Å². The van der Waals surface area contributed by atoms with Crippen molar-refractivity contribution in [3.63, 3.8) is 0 Å². The summed E-state index contributed by atoms with van der Waals surface area (Å²) in [4.78, 5) is 23.3. The minimum Gasteiger partial charge on any atom is -0.480 e. The summed E-state index contributed by atoms with van der Waals surface area (Å²) in [5, 5.41) is 20.0. The largest absolute Gasteiger partial charge is 0.480 e. The van der Waals surface area contributed by atoms with E-state index in [0.717, 1.165) is 47.9 Å². The zero-order valence-electron chi connectivity index (χ0n) is 16.1. The summed E-state index contributed by atoms with van der Waals surface area (Å²) in [6, 6.07) is 12.5. The Morgan fingerprint density at radius 2 is 1.76 bits per heavy atom. The summed E-state index contributed by atoms with van der Waals surface area (Å²) in [5.74, 6) is -1.71. The number of nitrogens with two attached hydrogens (primary N) is 1. The summed E-state index contributed by atoms with van der Waals surface area (Å²) in [5.41, 5.74) is 10.3. The molecule has 1 fully saturated rings. The monoisotopic (exact) mass is 392 g/mol. The topological polar surface area (TPSA) is 106 Å². The molecule has 0 unspecified atom stereocenters. The Bertz CT molecular complexity index is 1090. The van der Waals surface area contributed by atoms with Crippen LogP contribution in [0.1, 0.15) is 53.9 Å². The predicted molar refractivity (Wildman–Crippen MR) is 112 cm³/mol. The number of carboxylic acid groups (broad SMARTS) is 2. The van der Waals surface area contributed by atoms with Gasteiger partial charge in [-0.2, -0.15) is 0 Å². The highest BCUT2D eigenvalue weighted by Gasteiger charge is 2.28. The Hall–Kier alpha value is -3.28. The lowest BCUT2D eigenvalue weighted by molar-refractivity contribution is -0.137. The number of hydrogen-bond donors (Lipinski definition) is 3. The lowest BCUT2D eigenvalue weighted by Gasteiger charge is -2.24. The molecule has 0 amide bonds. The van der Waals surface area contributed by atoms with Crippen LogP contribution in [0.2, 0.25) is 0 Å². The molecule has 0 atom stereocenters. The molecule has 150 valence electrons. The van der Waals surface area contributed by atoms with Crippen LogP contribution >= 0.6 is 0 Å². The highest BCUT2D eigenvalue weighted by Crippen LogP contribution is 2.45. The van der Waals surface area contributed by atoms with Gasteiger partial charge in [-0.15, -0.1) is 0 Å². The molecule has 2 aromatic carbocycles. The zero-order valence-corrected chi connectivity index (χ0v) is 16.1. The molecule has 4 rings (SSSR count). The Labute approximate surface area is 168 Å². The molecule has 0 saturated heterocycles. The first kappa shape index (κ1) is 19.1. The molecule has 0 radical (unpaired) electrons. The standard InChI is InChI=1S/C23H24N2O4/c24-18-9-5-4-8-16(18)22-21(14-6-2-1-3-7-14)17-11-10-15(23(28)29)12-19(17)25(22)13-20(26)27/h4-5,8-12,14H,1-3,6-7,13,24H2,(H,26,27)(H,28,29). The number of rotatable bonds is 5. The summed E-state index contributed by atoms with van der Waals surface area (Å²) in [6.45, 7) is -0.254. The van der Waals surface area contributed by atoms with Gasteiger partial charge in [0.15, 0.2) is 0 Å². The molecule has 1 aromatic heterocycles. The molecule has 1 saturated carbocycles. The number of hydrogen-bond acceptors (Lipinski definition) is 3. The molecule has 6 heteroatoms. The minimum atomic E-state index is -1.03. The number of anilines is 1. The van der Waals surface area contributed by atoms with Crippen LogP contribution in [0.4, 0.5) is 5.69 Å². The van der Waals surface area contributed by atoms with Crippen LogP contribution in [-0.2, 0) is 11.3 Å². The molecule has 1 aliphatic rings. The van der Waals surface area contributed by atoms with Crippen LogP contribution in [0.5, 0.6) is 0 Å². The Morgan fingerprint density at radius 3 is 2.41 bits per heavy atom. The average Bonchev–Trinajstić information content (AvgIpc) is 3.01. The highest BCUT2D eigenvalue weighted by atomic mass is 16.4. The van der Waals surface area contributed by atoms with Crippen LogP contribution in [-0.4, -0.2) is 26.7 Å². The van der Waals surface area contributed by atoms with Crippen molar-refractivity contribution in [3.05, 3.63) is 53.6 Å². The second-order valence-corrected chi connectivity index (χ2v) is 7.70. The smallest absolute Gasteiger partial charge is 0.335 e. The van der Waals surface area contributed by atoms with Gasteiger partial charge in [-0.3, -0.25) is 4.79 Å². The number of aromatic carboxylic acids is 1. The van der Waals surface area contributed by atoms with E-state index in [-0.39, 0.29) is 12.1 Å². The first-order chi connectivity index (χ1) is 14.0. The molecule has 1 aliphatic carbocycles. The van der Waals surface area contributed by atoms with Gasteiger partial charge in [0.1, 0.15) is 6.54 Å². The summed E-state index contributed by atoms with van der Waals surface area (Å²) >= 11 is 0. The maximum Gasteiger partial charge on any atom is 0.335 e. The Morgan fingerprint density at radius 1 is 1.03 bits per heavy atom. The Balaban J connectivity index is 2.08. The van der Waals surface area contributed by atoms with Gasteiger partial charge >= 0.3 is 11.9 Å². The van der Waals surface area contributed by atoms with Gasteiger partial charge in [0.05, 0.1) is 16.8 Å². The number of aromatic nitrogens is 1. The van der Waals surface area contributed by atoms with E-state index in [9.17, 15) is 19.8 Å². The maximum atomic E-state index is 11.7. The van der Waals surface area contributed by atoms with Crippen LogP contribution < -0.4 is 5.73 Å². The number of carbonyl (C=O) groups is 2. The lowest BCUT2D eigenvalue weighted by Crippen LogP contribution is -2.12. The lowest BCUT2D eigenvalue weighted by atomic mass is 9.81. The molecular weight excluding hydrogens is 368 g/mol. The molecule has 29 heavy (non-hydrogen) atoms. The van der Waals surface area contributed by atoms with Gasteiger partial charge in [-0.1, -0.05) is 43.5 Å². The molecule has 3 aromatic rings. The van der Waals surface area contributed by atoms with Crippen molar-refractivity contribution in [2.24, 2.45) is 0 Å². The van der Waals surface area contributed by atoms with Crippen molar-refractivity contribution >= 4 is 28.5 Å². The number of carboxylic acids is 2. The van der Waals surface area contributed by atoms with Crippen molar-refractivity contribution < 1.29 is 19.8 Å². The third kappa shape index (κ3) is 3.46. The van der Waals surface area contributed by atoms with E-state index in [4.69, 9.17) is 5.73 Å². The second kappa shape index (κ2) is 7.62. The SMILES string of the molecule is Nc1ccccc1-c1c(C2CCCCC2)c2ccc(C(=O)O)cc2n1CC(=O)O. The van der Waals surface area contributed by atoms with E-state index in [1.54, 1.807) is 16.7 Å². The number of nitrogens with zero attached hydrogens (tertiary/aromatic N) is 1. The predicted octanol–water partition coefficient (Wildman–Crippen LogP) is 4.72. The summed E-state index contributed by atoms with van der Waals surface area (Å²) < 4.78 is 1.72. The van der Waals surface area contributed by atoms with E-state index < -0.39 is 11.9 Å². The molecule has 0 aliphatic heterocycles. The number of nitrogen functional groups attached to an aromatic ring is 1. The highest BCUT2D eigenvalue weighted by molar-refractivity contribution is 5.99. The summed E-state index contributed by atoms with van der Waals surface area (Å²) in [6.07, 6.45) is 5.54. The fourth-order valence-electron chi connectivity index (χ4n) is 4.62. The Kier molecular flexibility index (Phi) is 5.01. The number of para-hydroxylation sites is 1. The van der Waals surface area contributed by atoms with Gasteiger partial charge < -0.3 is 20.5 Å². The van der Waals surface area contributed by atoms with Crippen molar-refractivity contribution in [2.75, 3.05) is 5.73 Å². The first-order valence-electron chi connectivity index (χ1n) is 9.93. The van der Waals surface area contributed by atoms with Gasteiger partial charge in [0.2, 0.25) is 0 Å². The second-order valence-electron chi connectivity index (χ2n) is 7.70. The van der Waals surface area contributed by atoms with E-state index >= 15 is 0 Å². The van der Waals surface area contributed by atoms with Crippen molar-refractivity contribution in [1.29, 1.82) is 0 Å². The molecule has 6 nitrogen and oxygen atoms in total. The fraction of sp³-hybridized carbons (Fsp3) is 0.304. The molecular formula is C23H24N2O4. The van der Waals surface area contributed by atoms with E-state index in [1.165, 1.54) is 6.42 Å². The van der Waals surface area contributed by atoms with Crippen LogP contribution in [0, 0.1) is 0 Å².